The summed E-state index contributed by atoms with van der Waals surface area (Å²) in [6.07, 6.45) is 1.66. The highest BCUT2D eigenvalue weighted by molar-refractivity contribution is 7.13. The second-order valence-corrected chi connectivity index (χ2v) is 7.05. The summed E-state index contributed by atoms with van der Waals surface area (Å²) in [5, 5.41) is 5.33. The van der Waals surface area contributed by atoms with Crippen LogP contribution in [-0.2, 0) is 4.74 Å². The number of methoxy groups -OCH3 is 1. The Morgan fingerprint density at radius 3 is 2.79 bits per heavy atom. The number of hydrogen-bond acceptors (Lipinski definition) is 7. The third-order valence-electron chi connectivity index (χ3n) is 4.42. The number of benzene rings is 1. The van der Waals surface area contributed by atoms with Crippen LogP contribution in [0.15, 0.2) is 48.0 Å². The van der Waals surface area contributed by atoms with Crippen LogP contribution < -0.4 is 15.0 Å². The van der Waals surface area contributed by atoms with Crippen LogP contribution in [0.4, 0.5) is 11.5 Å². The van der Waals surface area contributed by atoms with Crippen molar-refractivity contribution in [3.8, 4) is 16.3 Å². The average Bonchev–Trinajstić information content (AvgIpc) is 3.25. The molecule has 0 spiro atoms. The predicted molar refractivity (Wildman–Crippen MR) is 109 cm³/mol. The molecule has 2 aromatic heterocycles. The van der Waals surface area contributed by atoms with E-state index in [-0.39, 0.29) is 5.91 Å². The first-order chi connectivity index (χ1) is 13.7. The summed E-state index contributed by atoms with van der Waals surface area (Å²) < 4.78 is 10.7. The molecule has 1 aliphatic heterocycles. The van der Waals surface area contributed by atoms with Gasteiger partial charge in [0.1, 0.15) is 22.3 Å². The van der Waals surface area contributed by atoms with Gasteiger partial charge in [0.25, 0.3) is 5.91 Å². The van der Waals surface area contributed by atoms with E-state index in [1.165, 1.54) is 11.3 Å². The number of hydrogen-bond donors (Lipinski definition) is 1. The van der Waals surface area contributed by atoms with Crippen LogP contribution in [-0.4, -0.2) is 49.3 Å². The molecule has 0 saturated carbocycles. The van der Waals surface area contributed by atoms with E-state index in [1.54, 1.807) is 18.7 Å². The summed E-state index contributed by atoms with van der Waals surface area (Å²) in [5.41, 5.74) is 1.86. The molecule has 144 valence electrons. The first-order valence-corrected chi connectivity index (χ1v) is 9.81. The number of nitrogens with zero attached hydrogens (tertiary/aromatic N) is 3. The average molecular weight is 396 g/mol. The highest BCUT2D eigenvalue weighted by Crippen LogP contribution is 2.32. The Labute approximate surface area is 167 Å². The number of rotatable bonds is 5. The van der Waals surface area contributed by atoms with Crippen molar-refractivity contribution < 1.29 is 14.3 Å². The molecule has 1 aliphatic rings. The van der Waals surface area contributed by atoms with Crippen LogP contribution in [0.3, 0.4) is 0 Å². The second kappa shape index (κ2) is 8.37. The molecule has 7 nitrogen and oxygen atoms in total. The maximum Gasteiger partial charge on any atom is 0.275 e. The number of nitrogens with one attached hydrogen (secondary N) is 1. The molecule has 1 saturated heterocycles. The molecule has 0 unspecified atom stereocenters. The van der Waals surface area contributed by atoms with E-state index in [0.717, 1.165) is 35.2 Å². The van der Waals surface area contributed by atoms with Crippen molar-refractivity contribution in [3.05, 3.63) is 53.7 Å². The SMILES string of the molecule is COc1ccccc1-c1nc(C(=O)Nc2ccc(N3CCOCC3)nc2)cs1. The lowest BCUT2D eigenvalue weighted by Crippen LogP contribution is -2.36. The summed E-state index contributed by atoms with van der Waals surface area (Å²) in [7, 11) is 1.62. The quantitative estimate of drug-likeness (QED) is 0.713. The lowest BCUT2D eigenvalue weighted by atomic mass is 10.2. The molecule has 1 amide bonds. The molecular weight excluding hydrogens is 376 g/mol. The van der Waals surface area contributed by atoms with E-state index in [4.69, 9.17) is 9.47 Å². The fourth-order valence-electron chi connectivity index (χ4n) is 2.96. The fourth-order valence-corrected chi connectivity index (χ4v) is 3.79. The number of morpholine rings is 1. The van der Waals surface area contributed by atoms with Gasteiger partial charge >= 0.3 is 0 Å². The Morgan fingerprint density at radius 1 is 1.21 bits per heavy atom. The minimum atomic E-state index is -0.265. The molecule has 3 aromatic rings. The molecule has 4 rings (SSSR count). The molecule has 8 heteroatoms. The molecule has 0 atom stereocenters. The predicted octanol–water partition coefficient (Wildman–Crippen LogP) is 3.30. The van der Waals surface area contributed by atoms with Gasteiger partial charge in [-0.1, -0.05) is 12.1 Å². The normalized spacial score (nSPS) is 14.0. The Morgan fingerprint density at radius 2 is 2.04 bits per heavy atom. The van der Waals surface area contributed by atoms with Gasteiger partial charge in [-0.3, -0.25) is 4.79 Å². The zero-order valence-electron chi connectivity index (χ0n) is 15.4. The standard InChI is InChI=1S/C20H20N4O3S/c1-26-17-5-3-2-4-15(17)20-23-16(13-28-20)19(25)22-14-6-7-18(21-12-14)24-8-10-27-11-9-24/h2-7,12-13H,8-11H2,1H3,(H,22,25). The van der Waals surface area contributed by atoms with Gasteiger partial charge in [-0.05, 0) is 24.3 Å². The molecule has 0 radical (unpaired) electrons. The van der Waals surface area contributed by atoms with Crippen molar-refractivity contribution in [2.45, 2.75) is 0 Å². The van der Waals surface area contributed by atoms with E-state index in [9.17, 15) is 4.79 Å². The van der Waals surface area contributed by atoms with Crippen molar-refractivity contribution >= 4 is 28.7 Å². The Hall–Kier alpha value is -2.97. The van der Waals surface area contributed by atoms with Crippen molar-refractivity contribution in [1.29, 1.82) is 0 Å². The maximum atomic E-state index is 12.5. The van der Waals surface area contributed by atoms with E-state index in [2.05, 4.69) is 20.2 Å². The lowest BCUT2D eigenvalue weighted by molar-refractivity contribution is 0.102. The number of amides is 1. The molecular formula is C20H20N4O3S. The molecule has 0 bridgehead atoms. The van der Waals surface area contributed by atoms with E-state index >= 15 is 0 Å². The van der Waals surface area contributed by atoms with Gasteiger partial charge < -0.3 is 19.7 Å². The topological polar surface area (TPSA) is 76.6 Å². The van der Waals surface area contributed by atoms with Gasteiger partial charge in [0.05, 0.1) is 37.8 Å². The van der Waals surface area contributed by atoms with Gasteiger partial charge in [-0.2, -0.15) is 0 Å². The summed E-state index contributed by atoms with van der Waals surface area (Å²) in [5.74, 6) is 1.35. The molecule has 28 heavy (non-hydrogen) atoms. The van der Waals surface area contributed by atoms with E-state index in [1.807, 2.05) is 36.4 Å². The highest BCUT2D eigenvalue weighted by Gasteiger charge is 2.16. The van der Waals surface area contributed by atoms with Crippen LogP contribution in [0.2, 0.25) is 0 Å². The number of thiazole rings is 1. The third-order valence-corrected chi connectivity index (χ3v) is 5.29. The largest absolute Gasteiger partial charge is 0.496 e. The number of para-hydroxylation sites is 1. The third kappa shape index (κ3) is 3.97. The van der Waals surface area contributed by atoms with Gasteiger partial charge in [-0.25, -0.2) is 9.97 Å². The highest BCUT2D eigenvalue weighted by atomic mass is 32.1. The van der Waals surface area contributed by atoms with Crippen molar-refractivity contribution in [1.82, 2.24) is 9.97 Å². The molecule has 1 fully saturated rings. The minimum Gasteiger partial charge on any atom is -0.496 e. The zero-order chi connectivity index (χ0) is 19.3. The first-order valence-electron chi connectivity index (χ1n) is 8.93. The summed E-state index contributed by atoms with van der Waals surface area (Å²) in [6.45, 7) is 3.06. The minimum absolute atomic E-state index is 0.265. The Balaban J connectivity index is 1.45. The molecule has 3 heterocycles. The van der Waals surface area contributed by atoms with E-state index < -0.39 is 0 Å². The number of aromatic nitrogens is 2. The van der Waals surface area contributed by atoms with E-state index in [0.29, 0.717) is 24.6 Å². The number of ether oxygens (including phenoxy) is 2. The van der Waals surface area contributed by atoms with Crippen LogP contribution in [0.1, 0.15) is 10.5 Å². The Kier molecular flexibility index (Phi) is 5.50. The second-order valence-electron chi connectivity index (χ2n) is 6.20. The van der Waals surface area contributed by atoms with Crippen LogP contribution in [0.5, 0.6) is 5.75 Å². The maximum absolute atomic E-state index is 12.5. The number of carbonyl (C=O) groups excluding carboxylic acids is 1. The smallest absolute Gasteiger partial charge is 0.275 e. The first kappa shape index (κ1) is 18.4. The van der Waals surface area contributed by atoms with Gasteiger partial charge in [0.15, 0.2) is 0 Å². The number of carbonyl (C=O) groups is 1. The fraction of sp³-hybridized carbons (Fsp3) is 0.250. The summed E-state index contributed by atoms with van der Waals surface area (Å²) >= 11 is 1.41. The number of anilines is 2. The monoisotopic (exact) mass is 396 g/mol. The van der Waals surface area contributed by atoms with Crippen LogP contribution in [0.25, 0.3) is 10.6 Å². The Bertz CT molecular complexity index is 952. The molecule has 1 N–H and O–H groups in total. The van der Waals surface area contributed by atoms with Crippen molar-refractivity contribution in [2.24, 2.45) is 0 Å². The lowest BCUT2D eigenvalue weighted by Gasteiger charge is -2.27. The van der Waals surface area contributed by atoms with Gasteiger partial charge in [0.2, 0.25) is 0 Å². The molecule has 1 aromatic carbocycles. The van der Waals surface area contributed by atoms with Crippen LogP contribution in [0, 0.1) is 0 Å². The van der Waals surface area contributed by atoms with Crippen molar-refractivity contribution in [2.75, 3.05) is 43.6 Å². The molecule has 0 aliphatic carbocycles. The zero-order valence-corrected chi connectivity index (χ0v) is 16.2. The number of pyridine rings is 1. The summed E-state index contributed by atoms with van der Waals surface area (Å²) in [4.78, 5) is 23.6. The van der Waals surface area contributed by atoms with Crippen molar-refractivity contribution in [3.63, 3.8) is 0 Å². The van der Waals surface area contributed by atoms with Gasteiger partial charge in [-0.15, -0.1) is 11.3 Å². The summed E-state index contributed by atoms with van der Waals surface area (Å²) in [6, 6.07) is 11.4. The van der Waals surface area contributed by atoms with Gasteiger partial charge in [0, 0.05) is 18.5 Å². The van der Waals surface area contributed by atoms with Crippen LogP contribution >= 0.6 is 11.3 Å².